The average Bonchev–Trinajstić information content (AvgIpc) is 2.78. The Morgan fingerprint density at radius 1 is 1.10 bits per heavy atom. The monoisotopic (exact) mass is 395 g/mol. The third-order valence-electron chi connectivity index (χ3n) is 5.35. The number of piperidine rings is 1. The van der Waals surface area contributed by atoms with Crippen LogP contribution in [0.5, 0.6) is 5.75 Å². The van der Waals surface area contributed by atoms with Gasteiger partial charge in [0.15, 0.2) is 5.96 Å². The molecule has 2 aromatic rings. The molecule has 2 heterocycles. The minimum Gasteiger partial charge on any atom is -0.496 e. The summed E-state index contributed by atoms with van der Waals surface area (Å²) in [5.74, 6) is 2.83. The minimum absolute atomic E-state index is 0.724. The highest BCUT2D eigenvalue weighted by Crippen LogP contribution is 2.19. The topological polar surface area (TPSA) is 61.8 Å². The maximum Gasteiger partial charge on any atom is 0.191 e. The number of aryl methyl sites for hydroxylation is 1. The Balaban J connectivity index is 1.48. The number of methoxy groups -OCH3 is 1. The molecule has 0 saturated carbocycles. The summed E-state index contributed by atoms with van der Waals surface area (Å²) in [5, 5.41) is 6.79. The largest absolute Gasteiger partial charge is 0.496 e. The second kappa shape index (κ2) is 10.7. The van der Waals surface area contributed by atoms with Gasteiger partial charge in [0.05, 0.1) is 7.11 Å². The van der Waals surface area contributed by atoms with Crippen molar-refractivity contribution in [3.05, 3.63) is 53.2 Å². The van der Waals surface area contributed by atoms with Gasteiger partial charge in [-0.2, -0.15) is 0 Å². The number of hydrogen-bond acceptors (Lipinski definition) is 4. The summed E-state index contributed by atoms with van der Waals surface area (Å²) in [6, 6.07) is 10.6. The Hall–Kier alpha value is -2.76. The van der Waals surface area contributed by atoms with E-state index in [1.807, 2.05) is 6.20 Å². The number of aromatic nitrogens is 1. The highest BCUT2D eigenvalue weighted by atomic mass is 16.5. The first kappa shape index (κ1) is 21.0. The van der Waals surface area contributed by atoms with Gasteiger partial charge in [0.25, 0.3) is 0 Å². The van der Waals surface area contributed by atoms with Crippen LogP contribution in [0, 0.1) is 6.92 Å². The highest BCUT2D eigenvalue weighted by Gasteiger charge is 2.12. The molecule has 1 aromatic heterocycles. The van der Waals surface area contributed by atoms with E-state index in [2.05, 4.69) is 62.8 Å². The van der Waals surface area contributed by atoms with Gasteiger partial charge in [-0.25, -0.2) is 4.98 Å². The van der Waals surface area contributed by atoms with Crippen LogP contribution >= 0.6 is 0 Å². The molecule has 1 aliphatic heterocycles. The highest BCUT2D eigenvalue weighted by molar-refractivity contribution is 5.79. The molecular formula is C23H33N5O. The van der Waals surface area contributed by atoms with Gasteiger partial charge < -0.3 is 20.3 Å². The van der Waals surface area contributed by atoms with Crippen molar-refractivity contribution in [1.82, 2.24) is 15.6 Å². The molecule has 0 radical (unpaired) electrons. The van der Waals surface area contributed by atoms with E-state index in [1.165, 1.54) is 30.4 Å². The minimum atomic E-state index is 0.724. The third kappa shape index (κ3) is 6.11. The van der Waals surface area contributed by atoms with Crippen molar-refractivity contribution in [2.24, 2.45) is 4.99 Å². The van der Waals surface area contributed by atoms with E-state index in [0.717, 1.165) is 55.7 Å². The fraction of sp³-hybridized carbons (Fsp3) is 0.478. The zero-order chi connectivity index (χ0) is 20.5. The summed E-state index contributed by atoms with van der Waals surface area (Å²) in [6.07, 6.45) is 6.66. The number of hydrogen-bond donors (Lipinski definition) is 2. The van der Waals surface area contributed by atoms with Crippen molar-refractivity contribution in [2.75, 3.05) is 38.7 Å². The molecule has 1 aliphatic rings. The lowest BCUT2D eigenvalue weighted by Crippen LogP contribution is -2.38. The van der Waals surface area contributed by atoms with Gasteiger partial charge >= 0.3 is 0 Å². The molecular weight excluding hydrogens is 362 g/mol. The predicted octanol–water partition coefficient (Wildman–Crippen LogP) is 3.30. The molecule has 0 bridgehead atoms. The molecule has 0 amide bonds. The Morgan fingerprint density at radius 2 is 1.93 bits per heavy atom. The summed E-state index contributed by atoms with van der Waals surface area (Å²) in [4.78, 5) is 11.3. The fourth-order valence-electron chi connectivity index (χ4n) is 3.62. The summed E-state index contributed by atoms with van der Waals surface area (Å²) >= 11 is 0. The number of ether oxygens (including phenoxy) is 1. The van der Waals surface area contributed by atoms with Crippen LogP contribution in [0.15, 0.2) is 41.5 Å². The van der Waals surface area contributed by atoms with Crippen LogP contribution in [0.25, 0.3) is 0 Å². The molecule has 6 heteroatoms. The molecule has 1 aromatic carbocycles. The van der Waals surface area contributed by atoms with Crippen molar-refractivity contribution in [3.63, 3.8) is 0 Å². The molecule has 0 atom stereocenters. The first-order chi connectivity index (χ1) is 14.2. The summed E-state index contributed by atoms with van der Waals surface area (Å²) < 4.78 is 5.41. The maximum absolute atomic E-state index is 5.41. The maximum atomic E-state index is 5.41. The fourth-order valence-corrected chi connectivity index (χ4v) is 3.62. The molecule has 1 fully saturated rings. The van der Waals surface area contributed by atoms with Gasteiger partial charge in [0, 0.05) is 39.4 Å². The molecule has 0 spiro atoms. The van der Waals surface area contributed by atoms with Gasteiger partial charge in [-0.3, -0.25) is 4.99 Å². The van der Waals surface area contributed by atoms with Crippen molar-refractivity contribution in [1.29, 1.82) is 0 Å². The average molecular weight is 396 g/mol. The molecule has 6 nitrogen and oxygen atoms in total. The normalized spacial score (nSPS) is 14.6. The van der Waals surface area contributed by atoms with Gasteiger partial charge in [-0.15, -0.1) is 0 Å². The number of nitrogens with one attached hydrogen (secondary N) is 2. The van der Waals surface area contributed by atoms with E-state index in [0.29, 0.717) is 0 Å². The van der Waals surface area contributed by atoms with E-state index in [1.54, 1.807) is 14.2 Å². The number of nitrogens with zero attached hydrogens (tertiary/aromatic N) is 3. The summed E-state index contributed by atoms with van der Waals surface area (Å²) in [5.41, 5.74) is 3.62. The van der Waals surface area contributed by atoms with Crippen LogP contribution in [0.1, 0.15) is 36.0 Å². The van der Waals surface area contributed by atoms with Crippen LogP contribution in [0.2, 0.25) is 0 Å². The summed E-state index contributed by atoms with van der Waals surface area (Å²) in [6.45, 7) is 5.80. The Kier molecular flexibility index (Phi) is 7.73. The number of guanidine groups is 1. The molecule has 2 N–H and O–H groups in total. The predicted molar refractivity (Wildman–Crippen MR) is 120 cm³/mol. The van der Waals surface area contributed by atoms with Crippen molar-refractivity contribution in [3.8, 4) is 5.75 Å². The first-order valence-corrected chi connectivity index (χ1v) is 10.5. The van der Waals surface area contributed by atoms with Gasteiger partial charge in [0.2, 0.25) is 0 Å². The molecule has 3 rings (SSSR count). The van der Waals surface area contributed by atoms with E-state index >= 15 is 0 Å². The quantitative estimate of drug-likeness (QED) is 0.556. The van der Waals surface area contributed by atoms with Crippen molar-refractivity contribution >= 4 is 11.8 Å². The second-order valence-corrected chi connectivity index (χ2v) is 7.48. The van der Waals surface area contributed by atoms with Crippen molar-refractivity contribution in [2.45, 2.75) is 39.2 Å². The standard InChI is InChI=1S/C23H33N5O/c1-18-7-8-19(15-21(18)29-3)9-12-26-23(24-2)27-17-20-10-11-25-22(16-20)28-13-5-4-6-14-28/h7-8,10-11,15-16H,4-6,9,12-14,17H2,1-3H3,(H2,24,26,27). The molecule has 29 heavy (non-hydrogen) atoms. The van der Waals surface area contributed by atoms with E-state index < -0.39 is 0 Å². The van der Waals surface area contributed by atoms with Gasteiger partial charge in [0.1, 0.15) is 11.6 Å². The zero-order valence-electron chi connectivity index (χ0n) is 17.9. The second-order valence-electron chi connectivity index (χ2n) is 7.48. The third-order valence-corrected chi connectivity index (χ3v) is 5.35. The van der Waals surface area contributed by atoms with Crippen LogP contribution in [0.3, 0.4) is 0 Å². The number of anilines is 1. The van der Waals surface area contributed by atoms with Crippen LogP contribution in [-0.2, 0) is 13.0 Å². The van der Waals surface area contributed by atoms with Crippen LogP contribution < -0.4 is 20.3 Å². The lowest BCUT2D eigenvalue weighted by Gasteiger charge is -2.28. The Bertz CT molecular complexity index is 815. The Morgan fingerprint density at radius 3 is 2.69 bits per heavy atom. The molecule has 156 valence electrons. The van der Waals surface area contributed by atoms with E-state index in [9.17, 15) is 0 Å². The zero-order valence-corrected chi connectivity index (χ0v) is 17.9. The lowest BCUT2D eigenvalue weighted by atomic mass is 10.1. The SMILES string of the molecule is CN=C(NCCc1ccc(C)c(OC)c1)NCc1ccnc(N2CCCCC2)c1. The summed E-state index contributed by atoms with van der Waals surface area (Å²) in [7, 11) is 3.52. The van der Waals surface area contributed by atoms with Crippen LogP contribution in [0.4, 0.5) is 5.82 Å². The number of rotatable bonds is 7. The number of aliphatic imine (C=N–C) groups is 1. The smallest absolute Gasteiger partial charge is 0.191 e. The van der Waals surface area contributed by atoms with E-state index in [-0.39, 0.29) is 0 Å². The first-order valence-electron chi connectivity index (χ1n) is 10.5. The van der Waals surface area contributed by atoms with E-state index in [4.69, 9.17) is 4.74 Å². The van der Waals surface area contributed by atoms with Crippen LogP contribution in [-0.4, -0.2) is 44.7 Å². The number of pyridine rings is 1. The Labute approximate surface area is 174 Å². The van der Waals surface area contributed by atoms with Crippen molar-refractivity contribution < 1.29 is 4.74 Å². The number of benzene rings is 1. The molecule has 0 aliphatic carbocycles. The van der Waals surface area contributed by atoms with Gasteiger partial charge in [-0.1, -0.05) is 12.1 Å². The van der Waals surface area contributed by atoms with Gasteiger partial charge in [-0.05, 0) is 67.5 Å². The lowest BCUT2D eigenvalue weighted by molar-refractivity contribution is 0.411. The molecule has 0 unspecified atom stereocenters. The molecule has 1 saturated heterocycles.